The summed E-state index contributed by atoms with van der Waals surface area (Å²) in [4.78, 5) is 5.57. The first-order valence-electron chi connectivity index (χ1n) is 5.75. The Balaban J connectivity index is 1.86. The van der Waals surface area contributed by atoms with Crippen LogP contribution in [0, 0.1) is 0 Å². The van der Waals surface area contributed by atoms with Gasteiger partial charge >= 0.3 is 0 Å². The van der Waals surface area contributed by atoms with Crippen LogP contribution in [-0.4, -0.2) is 9.38 Å². The van der Waals surface area contributed by atoms with Crippen LogP contribution in [0.4, 0.5) is 0 Å². The van der Waals surface area contributed by atoms with Gasteiger partial charge in [0, 0.05) is 39.2 Å². The number of nitrogens with zero attached hydrogens (tertiary/aromatic N) is 2. The van der Waals surface area contributed by atoms with Crippen LogP contribution in [0.3, 0.4) is 0 Å². The van der Waals surface area contributed by atoms with Crippen LogP contribution in [0.15, 0.2) is 44.9 Å². The van der Waals surface area contributed by atoms with Crippen molar-refractivity contribution in [3.05, 3.63) is 56.2 Å². The van der Waals surface area contributed by atoms with Crippen molar-refractivity contribution in [1.29, 1.82) is 0 Å². The summed E-state index contributed by atoms with van der Waals surface area (Å²) in [6, 6.07) is 5.97. The minimum absolute atomic E-state index is 0.0727. The molecule has 3 nitrogen and oxygen atoms in total. The molecule has 3 rings (SSSR count). The molecule has 0 saturated heterocycles. The van der Waals surface area contributed by atoms with Crippen LogP contribution in [-0.2, 0) is 6.42 Å². The normalized spacial score (nSPS) is 13.0. The maximum atomic E-state index is 6.29. The molecule has 98 valence electrons. The molecule has 1 atom stereocenters. The standard InChI is InChI=1S/C13H11Br2N3S/c14-8-1-2-11(15)10(5-8)12(16)6-9-7-18-3-4-19-13(18)17-9/h1-5,7,12H,6,16H2. The lowest BCUT2D eigenvalue weighted by molar-refractivity contribution is 0.706. The number of hydrogen-bond donors (Lipinski definition) is 1. The zero-order valence-corrected chi connectivity index (χ0v) is 13.9. The highest BCUT2D eigenvalue weighted by atomic mass is 79.9. The van der Waals surface area contributed by atoms with Gasteiger partial charge in [0.2, 0.25) is 0 Å². The monoisotopic (exact) mass is 399 g/mol. The van der Waals surface area contributed by atoms with E-state index in [-0.39, 0.29) is 6.04 Å². The number of hydrogen-bond acceptors (Lipinski definition) is 3. The lowest BCUT2D eigenvalue weighted by atomic mass is 10.0. The fourth-order valence-electron chi connectivity index (χ4n) is 2.01. The molecule has 0 bridgehead atoms. The van der Waals surface area contributed by atoms with Crippen molar-refractivity contribution in [1.82, 2.24) is 9.38 Å². The maximum Gasteiger partial charge on any atom is 0.193 e. The summed E-state index contributed by atoms with van der Waals surface area (Å²) in [6.07, 6.45) is 4.78. The molecular weight excluding hydrogens is 390 g/mol. The fourth-order valence-corrected chi connectivity index (χ4v) is 3.65. The second-order valence-corrected chi connectivity index (χ2v) is 6.94. The summed E-state index contributed by atoms with van der Waals surface area (Å²) in [6.45, 7) is 0. The van der Waals surface area contributed by atoms with Gasteiger partial charge in [-0.25, -0.2) is 4.98 Å². The summed E-state index contributed by atoms with van der Waals surface area (Å²) in [7, 11) is 0. The van der Waals surface area contributed by atoms with Crippen LogP contribution in [0.2, 0.25) is 0 Å². The molecule has 1 unspecified atom stereocenters. The number of thiazole rings is 1. The van der Waals surface area contributed by atoms with E-state index in [2.05, 4.69) is 36.8 Å². The largest absolute Gasteiger partial charge is 0.324 e. The van der Waals surface area contributed by atoms with Crippen molar-refractivity contribution in [3.8, 4) is 0 Å². The average Bonchev–Trinajstić information content (AvgIpc) is 2.92. The Morgan fingerprint density at radius 3 is 3.00 bits per heavy atom. The molecule has 0 aliphatic carbocycles. The lowest BCUT2D eigenvalue weighted by Gasteiger charge is -2.13. The number of imidazole rings is 1. The summed E-state index contributed by atoms with van der Waals surface area (Å²) < 4.78 is 4.10. The summed E-state index contributed by atoms with van der Waals surface area (Å²) in [5.74, 6) is 0. The first-order chi connectivity index (χ1) is 9.13. The van der Waals surface area contributed by atoms with Gasteiger partial charge in [-0.2, -0.15) is 0 Å². The van der Waals surface area contributed by atoms with Crippen LogP contribution in [0.5, 0.6) is 0 Å². The third-order valence-electron chi connectivity index (χ3n) is 2.93. The van der Waals surface area contributed by atoms with Gasteiger partial charge in [-0.1, -0.05) is 31.9 Å². The van der Waals surface area contributed by atoms with Crippen LogP contribution < -0.4 is 5.73 Å². The van der Waals surface area contributed by atoms with Crippen LogP contribution >= 0.6 is 43.2 Å². The average molecular weight is 401 g/mol. The minimum atomic E-state index is -0.0727. The minimum Gasteiger partial charge on any atom is -0.324 e. The lowest BCUT2D eigenvalue weighted by Crippen LogP contribution is -2.14. The predicted molar refractivity (Wildman–Crippen MR) is 85.5 cm³/mol. The molecule has 0 aliphatic rings. The molecule has 19 heavy (non-hydrogen) atoms. The SMILES string of the molecule is NC(Cc1cn2ccsc2n1)c1cc(Br)ccc1Br. The first-order valence-corrected chi connectivity index (χ1v) is 8.21. The number of aromatic nitrogens is 2. The Bertz CT molecular complexity index is 691. The van der Waals surface area contributed by atoms with Crippen molar-refractivity contribution < 1.29 is 0 Å². The van der Waals surface area contributed by atoms with Gasteiger partial charge in [0.15, 0.2) is 4.96 Å². The van der Waals surface area contributed by atoms with E-state index in [1.807, 2.05) is 40.4 Å². The quantitative estimate of drug-likeness (QED) is 0.717. The molecule has 0 amide bonds. The van der Waals surface area contributed by atoms with E-state index in [4.69, 9.17) is 5.73 Å². The third-order valence-corrected chi connectivity index (χ3v) is 4.92. The molecule has 2 heterocycles. The third kappa shape index (κ3) is 2.76. The predicted octanol–water partition coefficient (Wildman–Crippen LogP) is 4.16. The van der Waals surface area contributed by atoms with Gasteiger partial charge in [-0.3, -0.25) is 4.40 Å². The molecule has 6 heteroatoms. The zero-order chi connectivity index (χ0) is 13.4. The van der Waals surface area contributed by atoms with Gasteiger partial charge in [-0.15, -0.1) is 11.3 Å². The second kappa shape index (κ2) is 5.36. The van der Waals surface area contributed by atoms with Crippen LogP contribution in [0.25, 0.3) is 4.96 Å². The van der Waals surface area contributed by atoms with Gasteiger partial charge in [0.1, 0.15) is 0 Å². The smallest absolute Gasteiger partial charge is 0.193 e. The van der Waals surface area contributed by atoms with E-state index >= 15 is 0 Å². The van der Waals surface area contributed by atoms with Crippen molar-refractivity contribution >= 4 is 48.2 Å². The second-order valence-electron chi connectivity index (χ2n) is 4.30. The number of fused-ring (bicyclic) bond motifs is 1. The molecule has 2 N–H and O–H groups in total. The number of rotatable bonds is 3. The van der Waals surface area contributed by atoms with Gasteiger partial charge in [0.25, 0.3) is 0 Å². The van der Waals surface area contributed by atoms with E-state index in [1.54, 1.807) is 11.3 Å². The molecule has 0 aliphatic heterocycles. The van der Waals surface area contributed by atoms with E-state index in [0.717, 1.165) is 31.6 Å². The van der Waals surface area contributed by atoms with Crippen molar-refractivity contribution in [2.75, 3.05) is 0 Å². The van der Waals surface area contributed by atoms with Gasteiger partial charge in [0.05, 0.1) is 5.69 Å². The highest BCUT2D eigenvalue weighted by Crippen LogP contribution is 2.27. The number of halogens is 2. The first kappa shape index (κ1) is 13.3. The molecular formula is C13H11Br2N3S. The number of nitrogens with two attached hydrogens (primary N) is 1. The molecule has 2 aromatic heterocycles. The van der Waals surface area contributed by atoms with Gasteiger partial charge < -0.3 is 5.73 Å². The molecule has 0 fully saturated rings. The summed E-state index contributed by atoms with van der Waals surface area (Å²) >= 11 is 8.66. The molecule has 0 spiro atoms. The van der Waals surface area contributed by atoms with E-state index in [9.17, 15) is 0 Å². The molecule has 0 saturated carbocycles. The van der Waals surface area contributed by atoms with Crippen LogP contribution in [0.1, 0.15) is 17.3 Å². The Labute approximate surface area is 131 Å². The summed E-state index contributed by atoms with van der Waals surface area (Å²) in [5, 5.41) is 2.02. The Morgan fingerprint density at radius 1 is 1.37 bits per heavy atom. The van der Waals surface area contributed by atoms with E-state index in [1.165, 1.54) is 0 Å². The number of benzene rings is 1. The van der Waals surface area contributed by atoms with E-state index in [0.29, 0.717) is 0 Å². The molecule has 1 aromatic carbocycles. The Morgan fingerprint density at radius 2 is 2.21 bits per heavy atom. The Kier molecular flexibility index (Phi) is 3.75. The topological polar surface area (TPSA) is 43.3 Å². The van der Waals surface area contributed by atoms with Crippen molar-refractivity contribution in [3.63, 3.8) is 0 Å². The highest BCUT2D eigenvalue weighted by Gasteiger charge is 2.13. The molecule has 0 radical (unpaired) electrons. The van der Waals surface area contributed by atoms with Gasteiger partial charge in [-0.05, 0) is 23.8 Å². The van der Waals surface area contributed by atoms with Crippen molar-refractivity contribution in [2.45, 2.75) is 12.5 Å². The zero-order valence-electron chi connectivity index (χ0n) is 9.88. The van der Waals surface area contributed by atoms with E-state index < -0.39 is 0 Å². The maximum absolute atomic E-state index is 6.29. The van der Waals surface area contributed by atoms with Crippen molar-refractivity contribution in [2.24, 2.45) is 5.73 Å². The summed E-state index contributed by atoms with van der Waals surface area (Å²) in [5.41, 5.74) is 8.40. The fraction of sp³-hybridized carbons (Fsp3) is 0.154. The molecule has 3 aromatic rings. The highest BCUT2D eigenvalue weighted by molar-refractivity contribution is 9.11. The Hall–Kier alpha value is -0.690.